The largest absolute Gasteiger partial charge is 0.456 e. The maximum atomic E-state index is 10.8. The van der Waals surface area contributed by atoms with Crippen molar-refractivity contribution in [1.29, 1.82) is 0 Å². The Balaban J connectivity index is 2.67. The normalized spacial score (nSPS) is 12.1. The average molecular weight is 196 g/mol. The van der Waals surface area contributed by atoms with Crippen molar-refractivity contribution in [3.05, 3.63) is 35.0 Å². The monoisotopic (exact) mass is 196 g/mol. The molecule has 0 fully saturated rings. The van der Waals surface area contributed by atoms with Gasteiger partial charge in [0.05, 0.1) is 0 Å². The molecule has 1 aromatic heterocycles. The number of ether oxygens (including phenoxy) is 1. The second-order valence-electron chi connectivity index (χ2n) is 2.64. The Kier molecular flexibility index (Phi) is 3.71. The van der Waals surface area contributed by atoms with Crippen LogP contribution >= 0.6 is 11.3 Å². The minimum atomic E-state index is -0.250. The first kappa shape index (κ1) is 9.99. The average Bonchev–Trinajstić information content (AvgIpc) is 2.54. The van der Waals surface area contributed by atoms with E-state index in [0.29, 0.717) is 6.42 Å². The molecular weight excluding hydrogens is 184 g/mol. The van der Waals surface area contributed by atoms with E-state index in [0.717, 1.165) is 4.88 Å². The lowest BCUT2D eigenvalue weighted by Gasteiger charge is -2.12. The summed E-state index contributed by atoms with van der Waals surface area (Å²) in [4.78, 5) is 11.8. The summed E-state index contributed by atoms with van der Waals surface area (Å²) in [5, 5.41) is 1.97. The number of hydrogen-bond acceptors (Lipinski definition) is 3. The first-order chi connectivity index (χ1) is 6.24. The van der Waals surface area contributed by atoms with Crippen molar-refractivity contribution < 1.29 is 9.53 Å². The molecule has 1 atom stereocenters. The molecule has 0 aliphatic rings. The Morgan fingerprint density at radius 1 is 1.85 bits per heavy atom. The van der Waals surface area contributed by atoms with Gasteiger partial charge in [0.1, 0.15) is 6.10 Å². The van der Waals surface area contributed by atoms with Crippen LogP contribution in [0, 0.1) is 0 Å². The zero-order valence-electron chi connectivity index (χ0n) is 7.53. The van der Waals surface area contributed by atoms with Gasteiger partial charge in [-0.15, -0.1) is 17.9 Å². The zero-order valence-corrected chi connectivity index (χ0v) is 8.34. The van der Waals surface area contributed by atoms with Crippen molar-refractivity contribution in [1.82, 2.24) is 0 Å². The van der Waals surface area contributed by atoms with Gasteiger partial charge in [-0.25, -0.2) is 0 Å². The van der Waals surface area contributed by atoms with Crippen LogP contribution in [0.5, 0.6) is 0 Å². The maximum absolute atomic E-state index is 10.8. The molecule has 1 rings (SSSR count). The van der Waals surface area contributed by atoms with Crippen molar-refractivity contribution in [3.63, 3.8) is 0 Å². The fourth-order valence-corrected chi connectivity index (χ4v) is 1.82. The quantitative estimate of drug-likeness (QED) is 0.546. The molecule has 0 amide bonds. The molecule has 1 aromatic rings. The smallest absolute Gasteiger partial charge is 0.303 e. The van der Waals surface area contributed by atoms with Crippen molar-refractivity contribution in [3.8, 4) is 0 Å². The number of thiophene rings is 1. The first-order valence-electron chi connectivity index (χ1n) is 4.05. The lowest BCUT2D eigenvalue weighted by molar-refractivity contribution is -0.146. The van der Waals surface area contributed by atoms with Crippen molar-refractivity contribution in [2.75, 3.05) is 0 Å². The van der Waals surface area contributed by atoms with E-state index in [2.05, 4.69) is 6.58 Å². The molecule has 1 heterocycles. The van der Waals surface area contributed by atoms with Crippen molar-refractivity contribution in [2.24, 2.45) is 0 Å². The van der Waals surface area contributed by atoms with Crippen LogP contribution in [0.3, 0.4) is 0 Å². The molecule has 0 spiro atoms. The number of carbonyl (C=O) groups excluding carboxylic acids is 1. The maximum Gasteiger partial charge on any atom is 0.303 e. The van der Waals surface area contributed by atoms with Gasteiger partial charge in [-0.3, -0.25) is 4.79 Å². The molecule has 13 heavy (non-hydrogen) atoms. The molecule has 0 aromatic carbocycles. The summed E-state index contributed by atoms with van der Waals surface area (Å²) < 4.78 is 5.14. The Labute approximate surface area is 81.8 Å². The van der Waals surface area contributed by atoms with E-state index >= 15 is 0 Å². The van der Waals surface area contributed by atoms with E-state index in [4.69, 9.17) is 4.74 Å². The highest BCUT2D eigenvalue weighted by Gasteiger charge is 2.13. The van der Waals surface area contributed by atoms with Crippen LogP contribution in [-0.4, -0.2) is 5.97 Å². The second-order valence-corrected chi connectivity index (χ2v) is 3.62. The number of rotatable bonds is 4. The van der Waals surface area contributed by atoms with Gasteiger partial charge in [0.15, 0.2) is 0 Å². The fraction of sp³-hybridized carbons (Fsp3) is 0.300. The summed E-state index contributed by atoms with van der Waals surface area (Å²) in [6.45, 7) is 5.05. The molecule has 70 valence electrons. The summed E-state index contributed by atoms with van der Waals surface area (Å²) in [6.07, 6.45) is 2.27. The van der Waals surface area contributed by atoms with Gasteiger partial charge in [0, 0.05) is 18.2 Å². The Morgan fingerprint density at radius 2 is 2.62 bits per heavy atom. The minimum absolute atomic E-state index is 0.157. The molecule has 0 N–H and O–H groups in total. The zero-order chi connectivity index (χ0) is 9.68. The Bertz CT molecular complexity index is 277. The van der Waals surface area contributed by atoms with Gasteiger partial charge in [-0.05, 0) is 11.4 Å². The lowest BCUT2D eigenvalue weighted by atomic mass is 10.2. The standard InChI is InChI=1S/C10H12O2S/c1-3-5-9(12-8(2)11)10-6-4-7-13-10/h3-4,6-7,9H,1,5H2,2H3. The molecule has 0 bridgehead atoms. The van der Waals surface area contributed by atoms with Crippen molar-refractivity contribution >= 4 is 17.3 Å². The predicted molar refractivity (Wildman–Crippen MR) is 53.6 cm³/mol. The number of carbonyl (C=O) groups is 1. The van der Waals surface area contributed by atoms with Gasteiger partial charge in [0.25, 0.3) is 0 Å². The van der Waals surface area contributed by atoms with E-state index in [1.807, 2.05) is 17.5 Å². The topological polar surface area (TPSA) is 26.3 Å². The summed E-state index contributed by atoms with van der Waals surface area (Å²) in [5.74, 6) is -0.250. The Morgan fingerprint density at radius 3 is 3.08 bits per heavy atom. The molecule has 0 aliphatic heterocycles. The SMILES string of the molecule is C=CCC(OC(C)=O)c1cccs1. The number of hydrogen-bond donors (Lipinski definition) is 0. The molecular formula is C10H12O2S. The van der Waals surface area contributed by atoms with Crippen LogP contribution < -0.4 is 0 Å². The fourth-order valence-electron chi connectivity index (χ4n) is 1.05. The van der Waals surface area contributed by atoms with E-state index < -0.39 is 0 Å². The summed E-state index contributed by atoms with van der Waals surface area (Å²) >= 11 is 1.59. The summed E-state index contributed by atoms with van der Waals surface area (Å²) in [6, 6.07) is 3.90. The van der Waals surface area contributed by atoms with Crippen LogP contribution in [-0.2, 0) is 9.53 Å². The third-order valence-electron chi connectivity index (χ3n) is 1.55. The van der Waals surface area contributed by atoms with E-state index in [9.17, 15) is 4.79 Å². The minimum Gasteiger partial charge on any atom is -0.456 e. The van der Waals surface area contributed by atoms with Crippen LogP contribution in [0.2, 0.25) is 0 Å². The molecule has 2 nitrogen and oxygen atoms in total. The van der Waals surface area contributed by atoms with Gasteiger partial charge >= 0.3 is 5.97 Å². The van der Waals surface area contributed by atoms with Crippen molar-refractivity contribution in [2.45, 2.75) is 19.4 Å². The highest BCUT2D eigenvalue weighted by molar-refractivity contribution is 7.10. The third-order valence-corrected chi connectivity index (χ3v) is 2.51. The van der Waals surface area contributed by atoms with Gasteiger partial charge in [0.2, 0.25) is 0 Å². The predicted octanol–water partition coefficient (Wildman–Crippen LogP) is 2.93. The highest BCUT2D eigenvalue weighted by Crippen LogP contribution is 2.25. The van der Waals surface area contributed by atoms with E-state index in [1.54, 1.807) is 17.4 Å². The van der Waals surface area contributed by atoms with E-state index in [1.165, 1.54) is 6.92 Å². The second kappa shape index (κ2) is 4.82. The van der Waals surface area contributed by atoms with Crippen LogP contribution in [0.25, 0.3) is 0 Å². The molecule has 0 aliphatic carbocycles. The highest BCUT2D eigenvalue weighted by atomic mass is 32.1. The summed E-state index contributed by atoms with van der Waals surface area (Å²) in [7, 11) is 0. The van der Waals surface area contributed by atoms with Crippen LogP contribution in [0.1, 0.15) is 24.3 Å². The summed E-state index contributed by atoms with van der Waals surface area (Å²) in [5.41, 5.74) is 0. The molecule has 1 unspecified atom stereocenters. The number of esters is 1. The van der Waals surface area contributed by atoms with Crippen LogP contribution in [0.4, 0.5) is 0 Å². The van der Waals surface area contributed by atoms with Gasteiger partial charge in [-0.1, -0.05) is 12.1 Å². The molecule has 0 radical (unpaired) electrons. The lowest BCUT2D eigenvalue weighted by Crippen LogP contribution is -2.06. The third kappa shape index (κ3) is 3.03. The first-order valence-corrected chi connectivity index (χ1v) is 4.93. The Hall–Kier alpha value is -1.09. The molecule has 0 saturated carbocycles. The molecule has 3 heteroatoms. The molecule has 0 saturated heterocycles. The van der Waals surface area contributed by atoms with Gasteiger partial charge in [-0.2, -0.15) is 0 Å². The van der Waals surface area contributed by atoms with E-state index in [-0.39, 0.29) is 12.1 Å². The van der Waals surface area contributed by atoms with Crippen LogP contribution in [0.15, 0.2) is 30.2 Å². The van der Waals surface area contributed by atoms with Gasteiger partial charge < -0.3 is 4.74 Å².